The van der Waals surface area contributed by atoms with E-state index in [-0.39, 0.29) is 11.6 Å². The number of hydrogen-bond acceptors (Lipinski definition) is 2. The van der Waals surface area contributed by atoms with Gasteiger partial charge in [0, 0.05) is 5.56 Å². The molecule has 3 N–H and O–H groups in total. The summed E-state index contributed by atoms with van der Waals surface area (Å²) >= 11 is 0. The van der Waals surface area contributed by atoms with Crippen LogP contribution in [0.5, 0.6) is 0 Å². The summed E-state index contributed by atoms with van der Waals surface area (Å²) in [5.74, 6) is -0.732. The molecule has 2 aromatic carbocycles. The van der Waals surface area contributed by atoms with Crippen molar-refractivity contribution in [3.63, 3.8) is 0 Å². The standard InChI is InChI=1S/C15H15FN2O/c1-9-4-3-5-12(10(9)2)15(19)18-14-8-11(16)6-7-13(14)17/h3-8H,17H2,1-2H3,(H,18,19). The summed E-state index contributed by atoms with van der Waals surface area (Å²) in [6.45, 7) is 3.81. The topological polar surface area (TPSA) is 55.1 Å². The van der Waals surface area contributed by atoms with E-state index >= 15 is 0 Å². The second-order valence-electron chi connectivity index (χ2n) is 4.43. The quantitative estimate of drug-likeness (QED) is 0.812. The third-order valence-corrected chi connectivity index (χ3v) is 3.11. The van der Waals surface area contributed by atoms with E-state index in [9.17, 15) is 9.18 Å². The Labute approximate surface area is 111 Å². The van der Waals surface area contributed by atoms with Gasteiger partial charge in [0.05, 0.1) is 11.4 Å². The first-order valence-corrected chi connectivity index (χ1v) is 5.91. The molecule has 0 radical (unpaired) electrons. The van der Waals surface area contributed by atoms with Gasteiger partial charge in [-0.05, 0) is 49.2 Å². The second-order valence-corrected chi connectivity index (χ2v) is 4.43. The predicted octanol–water partition coefficient (Wildman–Crippen LogP) is 3.28. The van der Waals surface area contributed by atoms with Gasteiger partial charge in [0.1, 0.15) is 5.82 Å². The van der Waals surface area contributed by atoms with E-state index in [4.69, 9.17) is 5.73 Å². The van der Waals surface area contributed by atoms with Crippen molar-refractivity contribution in [1.82, 2.24) is 0 Å². The number of benzene rings is 2. The predicted molar refractivity (Wildman–Crippen MR) is 74.7 cm³/mol. The highest BCUT2D eigenvalue weighted by Crippen LogP contribution is 2.21. The van der Waals surface area contributed by atoms with E-state index in [2.05, 4.69) is 5.32 Å². The molecule has 3 nitrogen and oxygen atoms in total. The van der Waals surface area contributed by atoms with Crippen molar-refractivity contribution < 1.29 is 9.18 Å². The van der Waals surface area contributed by atoms with Crippen LogP contribution >= 0.6 is 0 Å². The van der Waals surface area contributed by atoms with Gasteiger partial charge < -0.3 is 11.1 Å². The number of amides is 1. The van der Waals surface area contributed by atoms with Crippen LogP contribution in [0.15, 0.2) is 36.4 Å². The number of nitrogens with one attached hydrogen (secondary N) is 1. The molecule has 0 spiro atoms. The lowest BCUT2D eigenvalue weighted by molar-refractivity contribution is 0.102. The lowest BCUT2D eigenvalue weighted by Gasteiger charge is -2.11. The fraction of sp³-hybridized carbons (Fsp3) is 0.133. The molecule has 0 aromatic heterocycles. The third-order valence-electron chi connectivity index (χ3n) is 3.11. The molecule has 0 aliphatic rings. The summed E-state index contributed by atoms with van der Waals surface area (Å²) in [4.78, 5) is 12.2. The monoisotopic (exact) mass is 258 g/mol. The van der Waals surface area contributed by atoms with Gasteiger partial charge in [-0.3, -0.25) is 4.79 Å². The molecular weight excluding hydrogens is 243 g/mol. The zero-order chi connectivity index (χ0) is 14.0. The van der Waals surface area contributed by atoms with E-state index in [1.807, 2.05) is 26.0 Å². The van der Waals surface area contributed by atoms with Crippen molar-refractivity contribution >= 4 is 17.3 Å². The second kappa shape index (κ2) is 5.10. The van der Waals surface area contributed by atoms with Crippen LogP contribution in [0.2, 0.25) is 0 Å². The van der Waals surface area contributed by atoms with Gasteiger partial charge in [0.15, 0.2) is 0 Å². The first-order chi connectivity index (χ1) is 8.99. The van der Waals surface area contributed by atoms with Crippen LogP contribution in [0.1, 0.15) is 21.5 Å². The molecular formula is C15H15FN2O. The van der Waals surface area contributed by atoms with Crippen molar-refractivity contribution in [2.45, 2.75) is 13.8 Å². The van der Waals surface area contributed by atoms with Gasteiger partial charge in [-0.2, -0.15) is 0 Å². The van der Waals surface area contributed by atoms with E-state index < -0.39 is 5.82 Å². The highest BCUT2D eigenvalue weighted by atomic mass is 19.1. The van der Waals surface area contributed by atoms with Crippen molar-refractivity contribution in [2.75, 3.05) is 11.1 Å². The number of hydrogen-bond donors (Lipinski definition) is 2. The molecule has 1 amide bonds. The molecule has 2 rings (SSSR count). The Morgan fingerprint density at radius 1 is 1.21 bits per heavy atom. The fourth-order valence-electron chi connectivity index (χ4n) is 1.82. The van der Waals surface area contributed by atoms with Crippen LogP contribution in [0.3, 0.4) is 0 Å². The Balaban J connectivity index is 2.31. The van der Waals surface area contributed by atoms with Crippen LogP contribution in [0.4, 0.5) is 15.8 Å². The van der Waals surface area contributed by atoms with E-state index in [0.29, 0.717) is 11.3 Å². The Kier molecular flexibility index (Phi) is 3.51. The molecule has 19 heavy (non-hydrogen) atoms. The minimum absolute atomic E-state index is 0.283. The van der Waals surface area contributed by atoms with Crippen molar-refractivity contribution in [1.29, 1.82) is 0 Å². The maximum Gasteiger partial charge on any atom is 0.255 e. The molecule has 0 atom stereocenters. The van der Waals surface area contributed by atoms with Crippen molar-refractivity contribution in [2.24, 2.45) is 0 Å². The number of rotatable bonds is 2. The molecule has 0 bridgehead atoms. The first-order valence-electron chi connectivity index (χ1n) is 5.91. The van der Waals surface area contributed by atoms with Crippen LogP contribution in [0, 0.1) is 19.7 Å². The zero-order valence-electron chi connectivity index (χ0n) is 10.8. The minimum atomic E-state index is -0.439. The molecule has 0 saturated heterocycles. The van der Waals surface area contributed by atoms with Gasteiger partial charge in [-0.25, -0.2) is 4.39 Å². The highest BCUT2D eigenvalue weighted by Gasteiger charge is 2.12. The number of nitrogen functional groups attached to an aromatic ring is 1. The summed E-state index contributed by atoms with van der Waals surface area (Å²) in [6.07, 6.45) is 0. The molecule has 0 unspecified atom stereocenters. The molecule has 0 fully saturated rings. The summed E-state index contributed by atoms with van der Waals surface area (Å²) in [5, 5.41) is 2.63. The smallest absolute Gasteiger partial charge is 0.255 e. The Hall–Kier alpha value is -2.36. The maximum absolute atomic E-state index is 13.1. The Morgan fingerprint density at radius 2 is 1.95 bits per heavy atom. The van der Waals surface area contributed by atoms with Crippen molar-refractivity contribution in [3.8, 4) is 0 Å². The Morgan fingerprint density at radius 3 is 2.68 bits per heavy atom. The van der Waals surface area contributed by atoms with Crippen LogP contribution < -0.4 is 11.1 Å². The summed E-state index contributed by atoms with van der Waals surface area (Å²) in [5.41, 5.74) is 8.80. The molecule has 2 aromatic rings. The maximum atomic E-state index is 13.1. The number of halogens is 1. The van der Waals surface area contributed by atoms with Gasteiger partial charge >= 0.3 is 0 Å². The van der Waals surface area contributed by atoms with Gasteiger partial charge in [0.2, 0.25) is 0 Å². The summed E-state index contributed by atoms with van der Waals surface area (Å²) < 4.78 is 13.1. The van der Waals surface area contributed by atoms with E-state index in [0.717, 1.165) is 11.1 Å². The Bertz CT molecular complexity index is 638. The lowest BCUT2D eigenvalue weighted by atomic mass is 10.0. The number of carbonyl (C=O) groups excluding carboxylic acids is 1. The van der Waals surface area contributed by atoms with Gasteiger partial charge in [-0.1, -0.05) is 12.1 Å². The van der Waals surface area contributed by atoms with Gasteiger partial charge in [0.25, 0.3) is 5.91 Å². The van der Waals surface area contributed by atoms with Crippen LogP contribution in [-0.4, -0.2) is 5.91 Å². The zero-order valence-corrected chi connectivity index (χ0v) is 10.8. The SMILES string of the molecule is Cc1cccc(C(=O)Nc2cc(F)ccc2N)c1C. The molecule has 0 heterocycles. The van der Waals surface area contributed by atoms with Crippen LogP contribution in [0.25, 0.3) is 0 Å². The third kappa shape index (κ3) is 2.73. The summed E-state index contributed by atoms with van der Waals surface area (Å²) in [7, 11) is 0. The molecule has 4 heteroatoms. The normalized spacial score (nSPS) is 10.3. The molecule has 0 saturated carbocycles. The van der Waals surface area contributed by atoms with E-state index in [1.54, 1.807) is 6.07 Å². The van der Waals surface area contributed by atoms with E-state index in [1.165, 1.54) is 18.2 Å². The van der Waals surface area contributed by atoms with Crippen molar-refractivity contribution in [3.05, 3.63) is 58.9 Å². The van der Waals surface area contributed by atoms with Gasteiger partial charge in [-0.15, -0.1) is 0 Å². The molecule has 0 aliphatic carbocycles. The average Bonchev–Trinajstić information content (AvgIpc) is 2.37. The van der Waals surface area contributed by atoms with Crippen LogP contribution in [-0.2, 0) is 0 Å². The summed E-state index contributed by atoms with van der Waals surface area (Å²) in [6, 6.07) is 9.36. The minimum Gasteiger partial charge on any atom is -0.397 e. The fourth-order valence-corrected chi connectivity index (χ4v) is 1.82. The number of nitrogens with two attached hydrogens (primary N) is 1. The number of aryl methyl sites for hydroxylation is 1. The lowest BCUT2D eigenvalue weighted by Crippen LogP contribution is -2.15. The highest BCUT2D eigenvalue weighted by molar-refractivity contribution is 6.06. The number of carbonyl (C=O) groups is 1. The largest absolute Gasteiger partial charge is 0.397 e. The number of anilines is 2. The molecule has 98 valence electrons. The first kappa shape index (κ1) is 13.1. The average molecular weight is 258 g/mol. The molecule has 0 aliphatic heterocycles.